The van der Waals surface area contributed by atoms with Gasteiger partial charge in [0.1, 0.15) is 11.5 Å². The van der Waals surface area contributed by atoms with Gasteiger partial charge in [0.05, 0.1) is 55.9 Å². The van der Waals surface area contributed by atoms with Crippen LogP contribution in [0.5, 0.6) is 23.0 Å². The highest BCUT2D eigenvalue weighted by Gasteiger charge is 2.69. The lowest BCUT2D eigenvalue weighted by Crippen LogP contribution is -2.54. The van der Waals surface area contributed by atoms with E-state index < -0.39 is 46.8 Å². The van der Waals surface area contributed by atoms with Gasteiger partial charge < -0.3 is 19.3 Å². The standard InChI is InChI=1S/C52H47N3O8/c1-31-10-18-36(19-11-31)53-55-49(58)43-30-41-39(42(25-15-33-16-26-44(56)46(28-33)63-4)52(43,51(55)60)35-8-6-5-7-9-35)23-24-40-47(41)50(59)54(48(40)57)37-20-13-32(14-21-37)12-17-34-29-38(61-2)22-27-45(34)62-3/h5-23,25-29,40-43,47,53,56H,24,30H2,1-4H3/t40-,41+,42-,43-,47-,52-/m0/s1. The number of hydrogen-bond donors (Lipinski definition) is 2. The molecule has 0 spiro atoms. The third kappa shape index (κ3) is 6.93. The number of nitrogens with one attached hydrogen (secondary N) is 1. The number of carbonyl (C=O) groups excluding carboxylic acids is 4. The second-order valence-electron chi connectivity index (χ2n) is 16.5. The number of aromatic hydroxyl groups is 1. The average molecular weight is 842 g/mol. The van der Waals surface area contributed by atoms with Gasteiger partial charge in [-0.25, -0.2) is 0 Å². The van der Waals surface area contributed by atoms with Crippen LogP contribution in [0, 0.1) is 36.5 Å². The van der Waals surface area contributed by atoms with Gasteiger partial charge in [0, 0.05) is 11.5 Å². The molecule has 4 amide bonds. The number of carbonyl (C=O) groups is 4. The van der Waals surface area contributed by atoms with Crippen molar-refractivity contribution < 1.29 is 38.5 Å². The van der Waals surface area contributed by atoms with Gasteiger partial charge in [-0.2, -0.15) is 5.01 Å². The van der Waals surface area contributed by atoms with Crippen molar-refractivity contribution in [3.8, 4) is 23.0 Å². The molecule has 9 rings (SSSR count). The number of phenolic OH excluding ortho intramolecular Hbond substituents is 1. The predicted molar refractivity (Wildman–Crippen MR) is 241 cm³/mol. The lowest BCUT2D eigenvalue weighted by molar-refractivity contribution is -0.139. The highest BCUT2D eigenvalue weighted by molar-refractivity contribution is 6.22. The Morgan fingerprint density at radius 2 is 1.44 bits per heavy atom. The second kappa shape index (κ2) is 16.5. The number of amides is 4. The van der Waals surface area contributed by atoms with Crippen LogP contribution in [0.15, 0.2) is 133 Å². The Morgan fingerprint density at radius 3 is 2.16 bits per heavy atom. The maximum Gasteiger partial charge on any atom is 0.260 e. The molecule has 5 aromatic carbocycles. The SMILES string of the molecule is COc1ccc(OC)c(C=Cc2ccc(N3C(=O)[C@H]4[C@H](CC=C5[C@H]4C[C@H]4C(=O)N(Nc6ccc(C)cc6)C(=O)[C@@]4(c4ccccc4)[C@H]5C=Cc4ccc(O)c(OC)c4)C3=O)cc2)c1. The topological polar surface area (TPSA) is 135 Å². The first-order chi connectivity index (χ1) is 30.6. The van der Waals surface area contributed by atoms with Crippen molar-refractivity contribution >= 4 is 53.2 Å². The maximum atomic E-state index is 15.4. The van der Waals surface area contributed by atoms with Crippen molar-refractivity contribution in [2.45, 2.75) is 25.2 Å². The minimum absolute atomic E-state index is 0.0161. The van der Waals surface area contributed by atoms with Crippen molar-refractivity contribution in [2.75, 3.05) is 31.7 Å². The Labute approximate surface area is 365 Å². The smallest absolute Gasteiger partial charge is 0.260 e. The van der Waals surface area contributed by atoms with E-state index in [4.69, 9.17) is 14.2 Å². The Bertz CT molecular complexity index is 2710. The molecule has 1 saturated carbocycles. The zero-order chi connectivity index (χ0) is 44.0. The van der Waals surface area contributed by atoms with Gasteiger partial charge in [0.2, 0.25) is 11.8 Å². The summed E-state index contributed by atoms with van der Waals surface area (Å²) in [5, 5.41) is 11.5. The summed E-state index contributed by atoms with van der Waals surface area (Å²) in [5.74, 6) is -3.27. The first-order valence-corrected chi connectivity index (χ1v) is 21.0. The van der Waals surface area contributed by atoms with Gasteiger partial charge in [0.25, 0.3) is 11.8 Å². The van der Waals surface area contributed by atoms with E-state index in [0.29, 0.717) is 40.4 Å². The van der Waals surface area contributed by atoms with Crippen molar-refractivity contribution in [3.05, 3.63) is 161 Å². The summed E-state index contributed by atoms with van der Waals surface area (Å²) in [7, 11) is 4.69. The third-order valence-corrected chi connectivity index (χ3v) is 13.2. The number of methoxy groups -OCH3 is 3. The summed E-state index contributed by atoms with van der Waals surface area (Å²) in [4.78, 5) is 60.9. The highest BCUT2D eigenvalue weighted by Crippen LogP contribution is 2.61. The lowest BCUT2D eigenvalue weighted by atomic mass is 9.50. The summed E-state index contributed by atoms with van der Waals surface area (Å²) in [6.45, 7) is 1.96. The molecular weight excluding hydrogens is 795 g/mol. The monoisotopic (exact) mass is 841 g/mol. The van der Waals surface area contributed by atoms with Crippen LogP contribution in [0.2, 0.25) is 0 Å². The first-order valence-electron chi connectivity index (χ1n) is 21.0. The zero-order valence-corrected chi connectivity index (χ0v) is 35.4. The summed E-state index contributed by atoms with van der Waals surface area (Å²) < 4.78 is 16.3. The number of benzene rings is 5. The normalized spacial score (nSPS) is 24.1. The van der Waals surface area contributed by atoms with Crippen LogP contribution in [-0.4, -0.2) is 55.1 Å². The molecule has 2 saturated heterocycles. The Morgan fingerprint density at radius 1 is 0.714 bits per heavy atom. The molecule has 0 aromatic heterocycles. The van der Waals surface area contributed by atoms with Gasteiger partial charge in [-0.15, -0.1) is 0 Å². The molecular formula is C52H47N3O8. The summed E-state index contributed by atoms with van der Waals surface area (Å²) in [6.07, 6.45) is 10.1. The first kappa shape index (κ1) is 41.0. The van der Waals surface area contributed by atoms with Crippen molar-refractivity contribution in [3.63, 3.8) is 0 Å². The van der Waals surface area contributed by atoms with E-state index in [-0.39, 0.29) is 29.7 Å². The number of aryl methyl sites for hydroxylation is 1. The number of ether oxygens (including phenoxy) is 3. The minimum atomic E-state index is -1.40. The van der Waals surface area contributed by atoms with Crippen LogP contribution in [0.1, 0.15) is 40.7 Å². The molecule has 0 bridgehead atoms. The average Bonchev–Trinajstić information content (AvgIpc) is 3.69. The number of nitrogens with zero attached hydrogens (tertiary/aromatic N) is 2. The summed E-state index contributed by atoms with van der Waals surface area (Å²) in [6, 6.07) is 34.6. The molecule has 2 aliphatic carbocycles. The van der Waals surface area contributed by atoms with Crippen LogP contribution in [0.4, 0.5) is 11.4 Å². The number of phenols is 1. The fourth-order valence-electron chi connectivity index (χ4n) is 10.1. The van der Waals surface area contributed by atoms with Crippen LogP contribution in [0.3, 0.4) is 0 Å². The van der Waals surface area contributed by atoms with Crippen LogP contribution in [-0.2, 0) is 24.6 Å². The Balaban J connectivity index is 1.10. The highest BCUT2D eigenvalue weighted by atomic mass is 16.5. The number of hydrazine groups is 1. The molecule has 63 heavy (non-hydrogen) atoms. The van der Waals surface area contributed by atoms with Gasteiger partial charge in [-0.3, -0.25) is 29.5 Å². The molecule has 3 fully saturated rings. The molecule has 11 nitrogen and oxygen atoms in total. The van der Waals surface area contributed by atoms with Crippen molar-refractivity contribution in [1.82, 2.24) is 5.01 Å². The molecule has 2 N–H and O–H groups in total. The van der Waals surface area contributed by atoms with E-state index in [0.717, 1.165) is 27.3 Å². The number of allylic oxidation sites excluding steroid dienone is 3. The van der Waals surface area contributed by atoms with E-state index in [9.17, 15) is 19.5 Å². The molecule has 2 aliphatic heterocycles. The maximum absolute atomic E-state index is 15.4. The van der Waals surface area contributed by atoms with E-state index in [1.165, 1.54) is 18.1 Å². The minimum Gasteiger partial charge on any atom is -0.504 e. The molecule has 4 aliphatic rings. The van der Waals surface area contributed by atoms with Crippen molar-refractivity contribution in [2.24, 2.45) is 29.6 Å². The third-order valence-electron chi connectivity index (χ3n) is 13.2. The van der Waals surface area contributed by atoms with E-state index in [1.54, 1.807) is 38.5 Å². The van der Waals surface area contributed by atoms with Crippen LogP contribution >= 0.6 is 0 Å². The van der Waals surface area contributed by atoms with Crippen molar-refractivity contribution in [1.29, 1.82) is 0 Å². The van der Waals surface area contributed by atoms with E-state index >= 15 is 4.79 Å². The predicted octanol–water partition coefficient (Wildman–Crippen LogP) is 8.63. The number of fused-ring (bicyclic) bond motifs is 4. The second-order valence-corrected chi connectivity index (χ2v) is 16.5. The van der Waals surface area contributed by atoms with Gasteiger partial charge in [0.15, 0.2) is 11.5 Å². The fraction of sp³-hybridized carbons (Fsp3) is 0.231. The van der Waals surface area contributed by atoms with Gasteiger partial charge >= 0.3 is 0 Å². The number of anilines is 2. The Kier molecular flexibility index (Phi) is 10.7. The van der Waals surface area contributed by atoms with Crippen LogP contribution < -0.4 is 24.5 Å². The van der Waals surface area contributed by atoms with Crippen LogP contribution in [0.25, 0.3) is 18.2 Å². The largest absolute Gasteiger partial charge is 0.504 e. The summed E-state index contributed by atoms with van der Waals surface area (Å²) >= 11 is 0. The fourth-order valence-corrected chi connectivity index (χ4v) is 10.1. The molecule has 0 radical (unpaired) electrons. The number of hydrogen-bond acceptors (Lipinski definition) is 9. The van der Waals surface area contributed by atoms with Gasteiger partial charge in [-0.05, 0) is 97.0 Å². The molecule has 0 unspecified atom stereocenters. The van der Waals surface area contributed by atoms with Gasteiger partial charge in [-0.1, -0.05) is 102 Å². The molecule has 318 valence electrons. The quantitative estimate of drug-likeness (QED) is 0.0762. The number of rotatable bonds is 11. The molecule has 2 heterocycles. The van der Waals surface area contributed by atoms with E-state index in [1.807, 2.05) is 122 Å². The summed E-state index contributed by atoms with van der Waals surface area (Å²) in [5.41, 5.74) is 7.71. The number of imide groups is 2. The van der Waals surface area contributed by atoms with E-state index in [2.05, 4.69) is 5.43 Å². The molecule has 11 heteroatoms. The Hall–Kier alpha value is -7.40. The lowest BCUT2D eigenvalue weighted by Gasteiger charge is -2.49. The molecule has 6 atom stereocenters. The zero-order valence-electron chi connectivity index (χ0n) is 35.4. The molecule has 5 aromatic rings.